The SMILES string of the molecule is NCCS(=O)(=O)c1ccc(-c2cccc3nc(N)sc23)c(-c2nn[nH]n2)c1S(N)(=O)=O. The van der Waals surface area contributed by atoms with Crippen LogP contribution in [0.15, 0.2) is 40.1 Å². The van der Waals surface area contributed by atoms with Gasteiger partial charge in [0.15, 0.2) is 15.0 Å². The highest BCUT2D eigenvalue weighted by atomic mass is 32.2. The first-order valence-electron chi connectivity index (χ1n) is 8.65. The fourth-order valence-electron chi connectivity index (χ4n) is 3.25. The molecule has 4 aromatic rings. The van der Waals surface area contributed by atoms with Crippen molar-refractivity contribution in [1.82, 2.24) is 25.6 Å². The number of nitrogen functional groups attached to an aromatic ring is 1. The number of sulfonamides is 1. The van der Waals surface area contributed by atoms with Gasteiger partial charge < -0.3 is 11.5 Å². The number of anilines is 1. The van der Waals surface area contributed by atoms with Crippen LogP contribution in [0.1, 0.15) is 0 Å². The van der Waals surface area contributed by atoms with E-state index < -0.39 is 35.4 Å². The van der Waals surface area contributed by atoms with Gasteiger partial charge in [0, 0.05) is 12.1 Å². The Labute approximate surface area is 180 Å². The van der Waals surface area contributed by atoms with Crippen LogP contribution in [0.3, 0.4) is 0 Å². The summed E-state index contributed by atoms with van der Waals surface area (Å²) < 4.78 is 51.5. The van der Waals surface area contributed by atoms with Gasteiger partial charge >= 0.3 is 0 Å². The van der Waals surface area contributed by atoms with Gasteiger partial charge in [-0.15, -0.1) is 10.2 Å². The van der Waals surface area contributed by atoms with Crippen molar-refractivity contribution < 1.29 is 16.8 Å². The molecule has 162 valence electrons. The van der Waals surface area contributed by atoms with Crippen LogP contribution < -0.4 is 16.6 Å². The maximum absolute atomic E-state index is 12.8. The summed E-state index contributed by atoms with van der Waals surface area (Å²) in [5.74, 6) is -0.611. The van der Waals surface area contributed by atoms with E-state index in [2.05, 4.69) is 25.6 Å². The summed E-state index contributed by atoms with van der Waals surface area (Å²) >= 11 is 1.20. The number of H-pyrrole nitrogens is 1. The predicted octanol–water partition coefficient (Wildman–Crippen LogP) is 0.105. The van der Waals surface area contributed by atoms with Crippen molar-refractivity contribution in [3.8, 4) is 22.5 Å². The van der Waals surface area contributed by atoms with Gasteiger partial charge in [0.1, 0.15) is 4.90 Å². The number of aromatic amines is 1. The minimum absolute atomic E-state index is 0.103. The number of benzene rings is 2. The minimum atomic E-state index is -4.55. The summed E-state index contributed by atoms with van der Waals surface area (Å²) in [6.45, 7) is -0.203. The molecule has 2 heterocycles. The summed E-state index contributed by atoms with van der Waals surface area (Å²) in [6, 6.07) is 7.84. The lowest BCUT2D eigenvalue weighted by molar-refractivity contribution is 0.583. The molecule has 0 aliphatic carbocycles. The quantitative estimate of drug-likeness (QED) is 0.292. The van der Waals surface area contributed by atoms with E-state index in [0.717, 1.165) is 0 Å². The number of thiazole rings is 1. The van der Waals surface area contributed by atoms with E-state index in [0.29, 0.717) is 26.5 Å². The molecule has 2 aromatic carbocycles. The number of fused-ring (bicyclic) bond motifs is 1. The van der Waals surface area contributed by atoms with Crippen LogP contribution in [0.4, 0.5) is 5.13 Å². The zero-order chi connectivity index (χ0) is 22.4. The molecule has 4 rings (SSSR count). The van der Waals surface area contributed by atoms with E-state index in [-0.39, 0.29) is 17.9 Å². The third kappa shape index (κ3) is 3.77. The summed E-state index contributed by atoms with van der Waals surface area (Å²) in [5, 5.41) is 19.3. The molecule has 0 aliphatic heterocycles. The minimum Gasteiger partial charge on any atom is -0.375 e. The number of rotatable bonds is 6. The number of nitrogens with two attached hydrogens (primary N) is 3. The van der Waals surface area contributed by atoms with E-state index in [9.17, 15) is 16.8 Å². The second-order valence-corrected chi connectivity index (χ2v) is 11.0. The Morgan fingerprint density at radius 3 is 2.48 bits per heavy atom. The fourth-order valence-corrected chi connectivity index (χ4v) is 6.86. The van der Waals surface area contributed by atoms with Crippen LogP contribution >= 0.6 is 11.3 Å². The molecule has 12 nitrogen and oxygen atoms in total. The molecule has 0 bridgehead atoms. The Morgan fingerprint density at radius 1 is 1.06 bits per heavy atom. The van der Waals surface area contributed by atoms with Gasteiger partial charge in [-0.1, -0.05) is 29.5 Å². The Bertz CT molecular complexity index is 1500. The Morgan fingerprint density at radius 2 is 1.84 bits per heavy atom. The smallest absolute Gasteiger partial charge is 0.240 e. The van der Waals surface area contributed by atoms with Crippen molar-refractivity contribution in [2.45, 2.75) is 9.79 Å². The molecule has 0 aliphatic rings. The van der Waals surface area contributed by atoms with E-state index in [4.69, 9.17) is 16.6 Å². The number of nitrogens with one attached hydrogen (secondary N) is 1. The van der Waals surface area contributed by atoms with Gasteiger partial charge in [-0.2, -0.15) is 5.21 Å². The number of aromatic nitrogens is 5. The first kappa shape index (κ1) is 21.3. The van der Waals surface area contributed by atoms with Gasteiger partial charge in [0.2, 0.25) is 15.8 Å². The highest BCUT2D eigenvalue weighted by Crippen LogP contribution is 2.42. The van der Waals surface area contributed by atoms with Gasteiger partial charge in [0.25, 0.3) is 0 Å². The maximum Gasteiger partial charge on any atom is 0.240 e. The van der Waals surface area contributed by atoms with E-state index in [1.165, 1.54) is 23.5 Å². The number of primary sulfonamides is 1. The predicted molar refractivity (Wildman–Crippen MR) is 115 cm³/mol. The van der Waals surface area contributed by atoms with Gasteiger partial charge in [-0.3, -0.25) is 0 Å². The molecule has 7 N–H and O–H groups in total. The molecule has 0 amide bonds. The van der Waals surface area contributed by atoms with Crippen molar-refractivity contribution >= 4 is 46.5 Å². The van der Waals surface area contributed by atoms with Crippen LogP contribution in [-0.2, 0) is 19.9 Å². The molecule has 0 radical (unpaired) electrons. The topological polar surface area (TPSA) is 214 Å². The zero-order valence-corrected chi connectivity index (χ0v) is 18.1. The molecule has 0 saturated carbocycles. The second-order valence-electron chi connectivity index (χ2n) is 6.41. The monoisotopic (exact) mass is 480 g/mol. The van der Waals surface area contributed by atoms with E-state index in [1.54, 1.807) is 18.2 Å². The lowest BCUT2D eigenvalue weighted by atomic mass is 9.98. The lowest BCUT2D eigenvalue weighted by Gasteiger charge is -2.16. The Hall–Kier alpha value is -2.98. The standard InChI is InChI=1S/C16H16N8O4S3/c17-6-7-30(25,26)11-5-4-8(9-2-1-3-10-13(9)29-16(18)20-10)12(14(11)31(19,27)28)15-21-23-24-22-15/h1-5H,6-7,17H2,(H2,18,20)(H2,19,27,28)(H,21,22,23,24). The molecule has 0 saturated heterocycles. The fraction of sp³-hybridized carbons (Fsp3) is 0.125. The molecule has 15 heteroatoms. The third-order valence-corrected chi connectivity index (χ3v) is 8.26. The molecule has 2 aromatic heterocycles. The average Bonchev–Trinajstić information content (AvgIpc) is 3.34. The largest absolute Gasteiger partial charge is 0.375 e. The summed E-state index contributed by atoms with van der Waals surface area (Å²) in [4.78, 5) is 3.12. The van der Waals surface area contributed by atoms with Gasteiger partial charge in [-0.25, -0.2) is 27.0 Å². The van der Waals surface area contributed by atoms with Crippen molar-refractivity contribution in [2.75, 3.05) is 18.0 Å². The molecular weight excluding hydrogens is 464 g/mol. The third-order valence-electron chi connectivity index (χ3n) is 4.42. The van der Waals surface area contributed by atoms with E-state index in [1.807, 2.05) is 0 Å². The van der Waals surface area contributed by atoms with Crippen molar-refractivity contribution in [3.05, 3.63) is 30.3 Å². The second kappa shape index (κ2) is 7.61. The number of hydrogen-bond donors (Lipinski definition) is 4. The van der Waals surface area contributed by atoms with Crippen LogP contribution in [0.2, 0.25) is 0 Å². The highest BCUT2D eigenvalue weighted by Gasteiger charge is 2.32. The number of sulfone groups is 1. The van der Waals surface area contributed by atoms with Crippen molar-refractivity contribution in [3.63, 3.8) is 0 Å². The molecule has 31 heavy (non-hydrogen) atoms. The molecule has 0 unspecified atom stereocenters. The first-order valence-corrected chi connectivity index (χ1v) is 12.7. The summed E-state index contributed by atoms with van der Waals surface area (Å²) in [7, 11) is -8.62. The molecular formula is C16H16N8O4S3. The molecule has 0 fully saturated rings. The Kier molecular flexibility index (Phi) is 5.22. The lowest BCUT2D eigenvalue weighted by Crippen LogP contribution is -2.22. The van der Waals surface area contributed by atoms with Crippen molar-refractivity contribution in [1.29, 1.82) is 0 Å². The number of hydrogen-bond acceptors (Lipinski definition) is 11. The maximum atomic E-state index is 12.8. The van der Waals surface area contributed by atoms with Gasteiger partial charge in [-0.05, 0) is 22.9 Å². The summed E-state index contributed by atoms with van der Waals surface area (Å²) in [6.07, 6.45) is 0. The van der Waals surface area contributed by atoms with Crippen LogP contribution in [0.25, 0.3) is 32.7 Å². The Balaban J connectivity index is 2.18. The average molecular weight is 481 g/mol. The molecule has 0 spiro atoms. The van der Waals surface area contributed by atoms with Crippen LogP contribution in [-0.4, -0.2) is 54.7 Å². The zero-order valence-electron chi connectivity index (χ0n) is 15.7. The number of tetrazole rings is 1. The van der Waals surface area contributed by atoms with Gasteiger partial charge in [0.05, 0.1) is 26.4 Å². The van der Waals surface area contributed by atoms with Crippen LogP contribution in [0.5, 0.6) is 0 Å². The first-order chi connectivity index (χ1) is 14.6. The van der Waals surface area contributed by atoms with E-state index >= 15 is 0 Å². The normalized spacial score (nSPS) is 12.5. The highest BCUT2D eigenvalue weighted by molar-refractivity contribution is 7.93. The summed E-state index contributed by atoms with van der Waals surface area (Å²) in [5.41, 5.74) is 12.6. The van der Waals surface area contributed by atoms with Crippen molar-refractivity contribution in [2.24, 2.45) is 10.9 Å². The number of nitrogens with zero attached hydrogens (tertiary/aromatic N) is 4. The van der Waals surface area contributed by atoms with Crippen LogP contribution in [0, 0.1) is 0 Å². The molecule has 0 atom stereocenters.